The van der Waals surface area contributed by atoms with Gasteiger partial charge in [0.2, 0.25) is 0 Å². The molecule has 2 amide bonds. The van der Waals surface area contributed by atoms with Gasteiger partial charge in [-0.1, -0.05) is 23.7 Å². The Morgan fingerprint density at radius 2 is 1.91 bits per heavy atom. The number of carbonyl (C=O) groups is 2. The Morgan fingerprint density at radius 1 is 1.12 bits per heavy atom. The van der Waals surface area contributed by atoms with Gasteiger partial charge < -0.3 is 21.5 Å². The molecule has 0 aliphatic carbocycles. The largest absolute Gasteiger partial charge is 0.493 e. The first-order valence-corrected chi connectivity index (χ1v) is 10.3. The molecule has 0 spiro atoms. The van der Waals surface area contributed by atoms with Gasteiger partial charge in [0.15, 0.2) is 0 Å². The van der Waals surface area contributed by atoms with Gasteiger partial charge in [0, 0.05) is 25.0 Å². The number of para-hydroxylation sites is 1. The summed E-state index contributed by atoms with van der Waals surface area (Å²) in [7, 11) is 1.77. The second-order valence-electron chi connectivity index (χ2n) is 6.81. The summed E-state index contributed by atoms with van der Waals surface area (Å²) >= 11 is 5.99. The minimum atomic E-state index is -0.669. The zero-order chi connectivity index (χ0) is 23.1. The Morgan fingerprint density at radius 3 is 2.56 bits per heavy atom. The van der Waals surface area contributed by atoms with E-state index in [0.29, 0.717) is 36.0 Å². The highest BCUT2D eigenvalue weighted by Gasteiger charge is 2.27. The number of anilines is 3. The molecule has 0 radical (unpaired) electrons. The summed E-state index contributed by atoms with van der Waals surface area (Å²) in [6.45, 7) is 0.808. The van der Waals surface area contributed by atoms with Crippen molar-refractivity contribution in [2.45, 2.75) is 6.42 Å². The van der Waals surface area contributed by atoms with Crippen LogP contribution in [0.5, 0.6) is 5.75 Å². The molecule has 0 aliphatic rings. The van der Waals surface area contributed by atoms with Crippen LogP contribution in [-0.2, 0) is 0 Å². The molecule has 9 heteroatoms. The van der Waals surface area contributed by atoms with Gasteiger partial charge >= 0.3 is 0 Å². The zero-order valence-corrected chi connectivity index (χ0v) is 18.3. The van der Waals surface area contributed by atoms with Crippen LogP contribution in [0, 0.1) is 0 Å². The molecule has 0 saturated carbocycles. The van der Waals surface area contributed by atoms with E-state index in [1.807, 2.05) is 0 Å². The first-order valence-electron chi connectivity index (χ1n) is 9.95. The van der Waals surface area contributed by atoms with E-state index in [1.165, 1.54) is 11.1 Å². The van der Waals surface area contributed by atoms with E-state index in [4.69, 9.17) is 27.8 Å². The number of nitrogens with zero attached hydrogens (tertiary/aromatic N) is 2. The number of rotatable bonds is 9. The number of primary amides is 1. The number of nitrogens with two attached hydrogens (primary N) is 2. The number of halogens is 1. The van der Waals surface area contributed by atoms with Crippen LogP contribution in [0.3, 0.4) is 0 Å². The Kier molecular flexibility index (Phi) is 7.64. The standard InChI is InChI=1S/C23H24ClN5O3/c1-27-16-8-9-18(20(13-16)32-12-4-11-25)23(31)29(21-10-7-15(24)14-28-21)19-6-3-2-5-17(19)22(26)30/h2-3,5-10,13-14,27H,4,11-12,25H2,1H3,(H2,26,30). The third-order valence-electron chi connectivity index (χ3n) is 4.66. The first-order chi connectivity index (χ1) is 15.5. The number of aromatic nitrogens is 1. The number of amides is 2. The molecular weight excluding hydrogens is 430 g/mol. The monoisotopic (exact) mass is 453 g/mol. The molecule has 0 fully saturated rings. The van der Waals surface area contributed by atoms with Crippen molar-refractivity contribution in [1.82, 2.24) is 4.98 Å². The van der Waals surface area contributed by atoms with E-state index >= 15 is 0 Å². The fourth-order valence-electron chi connectivity index (χ4n) is 3.07. The van der Waals surface area contributed by atoms with Gasteiger partial charge in [0.1, 0.15) is 11.6 Å². The van der Waals surface area contributed by atoms with Crippen LogP contribution in [0.4, 0.5) is 17.2 Å². The lowest BCUT2D eigenvalue weighted by atomic mass is 10.1. The molecule has 1 aromatic heterocycles. The topological polar surface area (TPSA) is 124 Å². The molecule has 1 heterocycles. The van der Waals surface area contributed by atoms with Gasteiger partial charge in [-0.2, -0.15) is 0 Å². The van der Waals surface area contributed by atoms with Crippen molar-refractivity contribution in [1.29, 1.82) is 0 Å². The Balaban J connectivity index is 2.15. The molecule has 166 valence electrons. The summed E-state index contributed by atoms with van der Waals surface area (Å²) in [4.78, 5) is 31.5. The smallest absolute Gasteiger partial charge is 0.267 e. The minimum absolute atomic E-state index is 0.176. The van der Waals surface area contributed by atoms with Crippen molar-refractivity contribution < 1.29 is 14.3 Å². The number of hydrogen-bond acceptors (Lipinski definition) is 6. The summed E-state index contributed by atoms with van der Waals surface area (Å²) < 4.78 is 5.86. The molecule has 0 unspecified atom stereocenters. The van der Waals surface area contributed by atoms with Crippen molar-refractivity contribution in [3.63, 3.8) is 0 Å². The van der Waals surface area contributed by atoms with Crippen LogP contribution < -0.4 is 26.4 Å². The number of benzene rings is 2. The molecule has 3 rings (SSSR count). The number of pyridine rings is 1. The maximum atomic E-state index is 13.8. The second-order valence-corrected chi connectivity index (χ2v) is 7.24. The Bertz CT molecular complexity index is 1110. The maximum absolute atomic E-state index is 13.8. The lowest BCUT2D eigenvalue weighted by molar-refractivity contribution is 0.0994. The number of ether oxygens (including phenoxy) is 1. The van der Waals surface area contributed by atoms with Crippen LogP contribution >= 0.6 is 11.6 Å². The molecule has 0 atom stereocenters. The summed E-state index contributed by atoms with van der Waals surface area (Å²) in [6, 6.07) is 14.9. The van der Waals surface area contributed by atoms with Gasteiger partial charge in [0.25, 0.3) is 11.8 Å². The highest BCUT2D eigenvalue weighted by atomic mass is 35.5. The number of carbonyl (C=O) groups excluding carboxylic acids is 2. The van der Waals surface area contributed by atoms with Crippen LogP contribution in [-0.4, -0.2) is 37.0 Å². The van der Waals surface area contributed by atoms with Crippen LogP contribution in [0.25, 0.3) is 0 Å². The number of hydrogen-bond donors (Lipinski definition) is 3. The molecule has 2 aromatic carbocycles. The fraction of sp³-hybridized carbons (Fsp3) is 0.174. The van der Waals surface area contributed by atoms with E-state index in [2.05, 4.69) is 10.3 Å². The van der Waals surface area contributed by atoms with E-state index in [9.17, 15) is 9.59 Å². The van der Waals surface area contributed by atoms with Gasteiger partial charge in [-0.05, 0) is 49.4 Å². The summed E-state index contributed by atoms with van der Waals surface area (Å²) in [5.74, 6) is -0.458. The van der Waals surface area contributed by atoms with E-state index in [1.54, 1.807) is 61.6 Å². The van der Waals surface area contributed by atoms with Crippen molar-refractivity contribution >= 4 is 40.6 Å². The summed E-state index contributed by atoms with van der Waals surface area (Å²) in [6.07, 6.45) is 2.05. The molecule has 3 aromatic rings. The predicted octanol–water partition coefficient (Wildman–Crippen LogP) is 3.58. The molecule has 5 N–H and O–H groups in total. The van der Waals surface area contributed by atoms with Crippen molar-refractivity contribution in [2.24, 2.45) is 11.5 Å². The van der Waals surface area contributed by atoms with Gasteiger partial charge in [-0.15, -0.1) is 0 Å². The average molecular weight is 454 g/mol. The van der Waals surface area contributed by atoms with Crippen molar-refractivity contribution in [3.8, 4) is 5.75 Å². The third-order valence-corrected chi connectivity index (χ3v) is 4.88. The third kappa shape index (κ3) is 5.16. The molecule has 32 heavy (non-hydrogen) atoms. The fourth-order valence-corrected chi connectivity index (χ4v) is 3.19. The molecule has 8 nitrogen and oxygen atoms in total. The van der Waals surface area contributed by atoms with E-state index in [0.717, 1.165) is 5.69 Å². The highest BCUT2D eigenvalue weighted by Crippen LogP contribution is 2.33. The van der Waals surface area contributed by atoms with Crippen LogP contribution in [0.2, 0.25) is 5.02 Å². The lowest BCUT2D eigenvalue weighted by Crippen LogP contribution is -2.30. The first kappa shape index (κ1) is 23.1. The van der Waals surface area contributed by atoms with Crippen LogP contribution in [0.15, 0.2) is 60.8 Å². The van der Waals surface area contributed by atoms with E-state index in [-0.39, 0.29) is 16.9 Å². The highest BCUT2D eigenvalue weighted by molar-refractivity contribution is 6.30. The number of nitrogens with one attached hydrogen (secondary N) is 1. The maximum Gasteiger partial charge on any atom is 0.267 e. The summed E-state index contributed by atoms with van der Waals surface area (Å²) in [5, 5.41) is 3.44. The van der Waals surface area contributed by atoms with Gasteiger partial charge in [-0.3, -0.25) is 14.5 Å². The second kappa shape index (κ2) is 10.6. The normalized spacial score (nSPS) is 10.5. The lowest BCUT2D eigenvalue weighted by Gasteiger charge is -2.25. The summed E-state index contributed by atoms with van der Waals surface area (Å²) in [5.41, 5.74) is 12.7. The molecular formula is C23H24ClN5O3. The quantitative estimate of drug-likeness (QED) is 0.425. The molecule has 0 aliphatic heterocycles. The molecule has 0 bridgehead atoms. The zero-order valence-electron chi connectivity index (χ0n) is 17.5. The average Bonchev–Trinajstić information content (AvgIpc) is 2.80. The SMILES string of the molecule is CNc1ccc(C(=O)N(c2ccc(Cl)cn2)c2ccccc2C(N)=O)c(OCCCN)c1. The van der Waals surface area contributed by atoms with E-state index < -0.39 is 11.8 Å². The minimum Gasteiger partial charge on any atom is -0.493 e. The van der Waals surface area contributed by atoms with Gasteiger partial charge in [0.05, 0.1) is 28.4 Å². The Labute approximate surface area is 191 Å². The Hall–Kier alpha value is -3.62. The van der Waals surface area contributed by atoms with Gasteiger partial charge in [-0.25, -0.2) is 4.98 Å². The molecule has 0 saturated heterocycles. The predicted molar refractivity (Wildman–Crippen MR) is 126 cm³/mol. The van der Waals surface area contributed by atoms with Crippen LogP contribution in [0.1, 0.15) is 27.1 Å². The van der Waals surface area contributed by atoms with Crippen molar-refractivity contribution in [2.75, 3.05) is 30.4 Å². The van der Waals surface area contributed by atoms with Crippen molar-refractivity contribution in [3.05, 3.63) is 76.9 Å².